The monoisotopic (exact) mass is 290 g/mol. The van der Waals surface area contributed by atoms with E-state index in [-0.39, 0.29) is 5.69 Å². The summed E-state index contributed by atoms with van der Waals surface area (Å²) in [5.74, 6) is 0.492. The molecular weight excluding hydrogens is 276 g/mol. The van der Waals surface area contributed by atoms with E-state index in [1.807, 2.05) is 0 Å². The summed E-state index contributed by atoms with van der Waals surface area (Å²) < 4.78 is 0. The highest BCUT2D eigenvalue weighted by molar-refractivity contribution is 7.99. The van der Waals surface area contributed by atoms with E-state index in [1.165, 1.54) is 30.2 Å². The number of rotatable bonds is 5. The molecule has 0 aliphatic rings. The summed E-state index contributed by atoms with van der Waals surface area (Å²) in [5, 5.41) is 11.4. The van der Waals surface area contributed by atoms with Gasteiger partial charge in [0.1, 0.15) is 17.2 Å². The van der Waals surface area contributed by atoms with Gasteiger partial charge in [-0.15, -0.1) is 0 Å². The molecule has 0 amide bonds. The number of nitro benzene ring substituents is 1. The SMILES string of the molecule is CCCc1c(N)ncnc1Sc1ccc([N+](=O)[O-])cc1. The molecule has 2 N–H and O–H groups in total. The number of non-ortho nitro benzene ring substituents is 1. The van der Waals surface area contributed by atoms with Crippen molar-refractivity contribution < 1.29 is 4.92 Å². The van der Waals surface area contributed by atoms with Gasteiger partial charge >= 0.3 is 0 Å². The predicted molar refractivity (Wildman–Crippen MR) is 77.7 cm³/mol. The van der Waals surface area contributed by atoms with Crippen molar-refractivity contribution in [3.8, 4) is 0 Å². The van der Waals surface area contributed by atoms with Gasteiger partial charge in [0.2, 0.25) is 0 Å². The van der Waals surface area contributed by atoms with Crippen molar-refractivity contribution in [1.82, 2.24) is 9.97 Å². The Morgan fingerprint density at radius 2 is 2.00 bits per heavy atom. The average molecular weight is 290 g/mol. The van der Waals surface area contributed by atoms with Crippen LogP contribution in [0.15, 0.2) is 40.5 Å². The molecule has 0 saturated carbocycles. The van der Waals surface area contributed by atoms with Gasteiger partial charge in [-0.3, -0.25) is 10.1 Å². The quantitative estimate of drug-likeness (QED) is 0.516. The summed E-state index contributed by atoms with van der Waals surface area (Å²) in [6, 6.07) is 6.37. The van der Waals surface area contributed by atoms with Crippen LogP contribution in [0.2, 0.25) is 0 Å². The van der Waals surface area contributed by atoms with Crippen molar-refractivity contribution in [1.29, 1.82) is 0 Å². The average Bonchev–Trinajstić information content (AvgIpc) is 2.43. The van der Waals surface area contributed by atoms with Gasteiger partial charge in [0.25, 0.3) is 5.69 Å². The molecule has 0 radical (unpaired) electrons. The van der Waals surface area contributed by atoms with Crippen LogP contribution in [-0.4, -0.2) is 14.9 Å². The van der Waals surface area contributed by atoms with E-state index in [2.05, 4.69) is 16.9 Å². The fourth-order valence-electron chi connectivity index (χ4n) is 1.73. The predicted octanol–water partition coefficient (Wildman–Crippen LogP) is 3.07. The molecule has 1 aromatic carbocycles. The summed E-state index contributed by atoms with van der Waals surface area (Å²) in [6.07, 6.45) is 3.19. The van der Waals surface area contributed by atoms with E-state index in [1.54, 1.807) is 12.1 Å². The van der Waals surface area contributed by atoms with Gasteiger partial charge in [-0.2, -0.15) is 0 Å². The lowest BCUT2D eigenvalue weighted by atomic mass is 10.2. The third-order valence-corrected chi connectivity index (χ3v) is 3.75. The first-order valence-corrected chi connectivity index (χ1v) is 6.95. The lowest BCUT2D eigenvalue weighted by molar-refractivity contribution is -0.384. The summed E-state index contributed by atoms with van der Waals surface area (Å²) in [4.78, 5) is 19.3. The van der Waals surface area contributed by atoms with Crippen LogP contribution in [0.1, 0.15) is 18.9 Å². The zero-order valence-electron chi connectivity index (χ0n) is 10.9. The van der Waals surface area contributed by atoms with E-state index in [4.69, 9.17) is 5.73 Å². The highest BCUT2D eigenvalue weighted by Gasteiger charge is 2.11. The van der Waals surface area contributed by atoms with Crippen molar-refractivity contribution in [3.05, 3.63) is 46.3 Å². The van der Waals surface area contributed by atoms with Crippen LogP contribution >= 0.6 is 11.8 Å². The van der Waals surface area contributed by atoms with Crippen LogP contribution < -0.4 is 5.73 Å². The molecule has 0 spiro atoms. The number of aromatic nitrogens is 2. The van der Waals surface area contributed by atoms with Crippen LogP contribution in [-0.2, 0) is 6.42 Å². The van der Waals surface area contributed by atoms with E-state index < -0.39 is 4.92 Å². The molecule has 6 nitrogen and oxygen atoms in total. The van der Waals surface area contributed by atoms with Crippen molar-refractivity contribution in [3.63, 3.8) is 0 Å². The molecule has 2 rings (SSSR count). The van der Waals surface area contributed by atoms with E-state index in [9.17, 15) is 10.1 Å². The first-order chi connectivity index (χ1) is 9.61. The number of nitrogens with two attached hydrogens (primary N) is 1. The lowest BCUT2D eigenvalue weighted by Crippen LogP contribution is -2.01. The summed E-state index contributed by atoms with van der Waals surface area (Å²) >= 11 is 1.44. The van der Waals surface area contributed by atoms with Crippen LogP contribution in [0.3, 0.4) is 0 Å². The summed E-state index contributed by atoms with van der Waals surface area (Å²) in [6.45, 7) is 2.06. The molecular formula is C13H14N4O2S. The fourth-order valence-corrected chi connectivity index (χ4v) is 2.65. The molecule has 1 aromatic heterocycles. The second-order valence-electron chi connectivity index (χ2n) is 4.15. The van der Waals surface area contributed by atoms with E-state index in [0.717, 1.165) is 28.3 Å². The van der Waals surface area contributed by atoms with Gasteiger partial charge in [0.15, 0.2) is 0 Å². The molecule has 0 bridgehead atoms. The molecule has 20 heavy (non-hydrogen) atoms. The summed E-state index contributed by atoms with van der Waals surface area (Å²) in [5.41, 5.74) is 6.87. The second kappa shape index (κ2) is 6.33. The minimum Gasteiger partial charge on any atom is -0.383 e. The molecule has 0 aliphatic heterocycles. The standard InChI is InChI=1S/C13H14N4O2S/c1-2-3-11-12(14)15-8-16-13(11)20-10-6-4-9(5-7-10)17(18)19/h4-8H,2-3H2,1H3,(H2,14,15,16). The largest absolute Gasteiger partial charge is 0.383 e. The van der Waals surface area contributed by atoms with Crippen molar-refractivity contribution in [2.24, 2.45) is 0 Å². The Morgan fingerprint density at radius 3 is 2.60 bits per heavy atom. The molecule has 1 heterocycles. The van der Waals surface area contributed by atoms with Crippen LogP contribution in [0.5, 0.6) is 0 Å². The van der Waals surface area contributed by atoms with Crippen molar-refractivity contribution >= 4 is 23.3 Å². The second-order valence-corrected chi connectivity index (χ2v) is 5.21. The topological polar surface area (TPSA) is 94.9 Å². The molecule has 104 valence electrons. The zero-order chi connectivity index (χ0) is 14.5. The molecule has 7 heteroatoms. The number of hydrogen-bond donors (Lipinski definition) is 1. The summed E-state index contributed by atoms with van der Waals surface area (Å²) in [7, 11) is 0. The van der Waals surface area contributed by atoms with Crippen LogP contribution in [0.4, 0.5) is 11.5 Å². The number of nitrogen functional groups attached to an aromatic ring is 1. The van der Waals surface area contributed by atoms with Gasteiger partial charge in [-0.05, 0) is 18.6 Å². The molecule has 0 unspecified atom stereocenters. The van der Waals surface area contributed by atoms with Gasteiger partial charge < -0.3 is 5.73 Å². The number of anilines is 1. The maximum Gasteiger partial charge on any atom is 0.269 e. The Morgan fingerprint density at radius 1 is 1.30 bits per heavy atom. The number of hydrogen-bond acceptors (Lipinski definition) is 6. The Kier molecular flexibility index (Phi) is 4.52. The van der Waals surface area contributed by atoms with Gasteiger partial charge in [0, 0.05) is 22.6 Å². The number of nitrogens with zero attached hydrogens (tertiary/aromatic N) is 3. The fraction of sp³-hybridized carbons (Fsp3) is 0.231. The minimum absolute atomic E-state index is 0.0744. The van der Waals surface area contributed by atoms with Gasteiger partial charge in [-0.1, -0.05) is 25.1 Å². The van der Waals surface area contributed by atoms with Crippen LogP contribution in [0, 0.1) is 10.1 Å². The molecule has 2 aromatic rings. The van der Waals surface area contributed by atoms with E-state index in [0.29, 0.717) is 5.82 Å². The van der Waals surface area contributed by atoms with Gasteiger partial charge in [-0.25, -0.2) is 9.97 Å². The first kappa shape index (κ1) is 14.3. The smallest absolute Gasteiger partial charge is 0.269 e. The molecule has 0 atom stereocenters. The zero-order valence-corrected chi connectivity index (χ0v) is 11.8. The highest BCUT2D eigenvalue weighted by atomic mass is 32.2. The van der Waals surface area contributed by atoms with Gasteiger partial charge in [0.05, 0.1) is 4.92 Å². The first-order valence-electron chi connectivity index (χ1n) is 6.13. The Labute approximate surface area is 120 Å². The van der Waals surface area contributed by atoms with Crippen molar-refractivity contribution in [2.75, 3.05) is 5.73 Å². The Hall–Kier alpha value is -2.15. The normalized spacial score (nSPS) is 10.4. The minimum atomic E-state index is -0.417. The van der Waals surface area contributed by atoms with Crippen molar-refractivity contribution in [2.45, 2.75) is 29.7 Å². The Balaban J connectivity index is 2.25. The van der Waals surface area contributed by atoms with E-state index >= 15 is 0 Å². The van der Waals surface area contributed by atoms with Crippen LogP contribution in [0.25, 0.3) is 0 Å². The molecule has 0 aliphatic carbocycles. The lowest BCUT2D eigenvalue weighted by Gasteiger charge is -2.08. The maximum absolute atomic E-state index is 10.6. The third-order valence-electron chi connectivity index (χ3n) is 2.70. The third kappa shape index (κ3) is 3.24. The number of benzene rings is 1. The number of nitro groups is 1. The maximum atomic E-state index is 10.6. The molecule has 0 saturated heterocycles. The Bertz CT molecular complexity index is 616. The highest BCUT2D eigenvalue weighted by Crippen LogP contribution is 2.31. The molecule has 0 fully saturated rings.